The first-order chi connectivity index (χ1) is 7.86. The number of nitrogens with two attached hydrogens (primary N) is 1. The summed E-state index contributed by atoms with van der Waals surface area (Å²) in [6.07, 6.45) is -5.41. The molecule has 5 nitrogen and oxygen atoms in total. The molecule has 0 fully saturated rings. The number of carbonyl (C=O) groups excluding carboxylic acids is 1. The third kappa shape index (κ3) is 2.35. The molecule has 90 valence electrons. The topological polar surface area (TPSA) is 79.8 Å². The summed E-state index contributed by atoms with van der Waals surface area (Å²) in [6, 6.07) is 2.32. The van der Waals surface area contributed by atoms with E-state index in [0.717, 1.165) is 12.1 Å². The molecule has 0 aromatic heterocycles. The molecule has 1 heterocycles. The molecule has 0 spiro atoms. The van der Waals surface area contributed by atoms with Gasteiger partial charge in [0.1, 0.15) is 0 Å². The van der Waals surface area contributed by atoms with Gasteiger partial charge in [0.05, 0.1) is 5.56 Å². The van der Waals surface area contributed by atoms with Crippen molar-refractivity contribution >= 4 is 11.7 Å². The third-order valence-corrected chi connectivity index (χ3v) is 2.14. The quantitative estimate of drug-likeness (QED) is 0.744. The zero-order valence-corrected chi connectivity index (χ0v) is 8.32. The summed E-state index contributed by atoms with van der Waals surface area (Å²) in [4.78, 5) is 10.8. The van der Waals surface area contributed by atoms with Crippen LogP contribution in [0.15, 0.2) is 28.4 Å². The highest BCUT2D eigenvalue weighted by Gasteiger charge is 2.32. The normalized spacial score (nSPS) is 19.5. The second-order valence-electron chi connectivity index (χ2n) is 3.45. The van der Waals surface area contributed by atoms with Gasteiger partial charge in [-0.15, -0.1) is 0 Å². The predicted octanol–water partition coefficient (Wildman–Crippen LogP) is 2.46. The maximum absolute atomic E-state index is 12.5. The average Bonchev–Trinajstić information content (AvgIpc) is 2.62. The number of amides is 2. The fraction of sp³-hybridized carbons (Fsp3) is 0.222. The van der Waals surface area contributed by atoms with E-state index in [4.69, 9.17) is 5.73 Å². The Balaban J connectivity index is 2.39. The molecule has 2 rings (SSSR count). The molecule has 1 aliphatic heterocycles. The van der Waals surface area contributed by atoms with Gasteiger partial charge in [0, 0.05) is 11.3 Å². The van der Waals surface area contributed by atoms with Crippen LogP contribution in [0.3, 0.4) is 0 Å². The molecule has 0 aliphatic carbocycles. The SMILES string of the molecule is Nc1cc(C2N=NC(=O)N2)cc(C(F)(F)F)c1. The minimum absolute atomic E-state index is 0.0498. The van der Waals surface area contributed by atoms with Gasteiger partial charge in [0.2, 0.25) is 0 Å². The first-order valence-corrected chi connectivity index (χ1v) is 4.55. The Morgan fingerprint density at radius 1 is 1.29 bits per heavy atom. The van der Waals surface area contributed by atoms with E-state index in [1.165, 1.54) is 6.07 Å². The van der Waals surface area contributed by atoms with Crippen molar-refractivity contribution in [3.8, 4) is 0 Å². The van der Waals surface area contributed by atoms with E-state index in [1.54, 1.807) is 0 Å². The van der Waals surface area contributed by atoms with E-state index in [2.05, 4.69) is 15.5 Å². The van der Waals surface area contributed by atoms with Gasteiger partial charge < -0.3 is 11.1 Å². The molecule has 1 unspecified atom stereocenters. The van der Waals surface area contributed by atoms with Crippen LogP contribution in [0.4, 0.5) is 23.7 Å². The van der Waals surface area contributed by atoms with Crippen LogP contribution in [-0.2, 0) is 6.18 Å². The fourth-order valence-electron chi connectivity index (χ4n) is 1.43. The monoisotopic (exact) mass is 244 g/mol. The number of hydrogen-bond acceptors (Lipinski definition) is 3. The maximum Gasteiger partial charge on any atom is 0.416 e. The molecule has 1 aromatic carbocycles. The van der Waals surface area contributed by atoms with Crippen molar-refractivity contribution in [2.45, 2.75) is 12.3 Å². The van der Waals surface area contributed by atoms with Crippen LogP contribution < -0.4 is 11.1 Å². The van der Waals surface area contributed by atoms with Gasteiger partial charge in [-0.3, -0.25) is 0 Å². The van der Waals surface area contributed by atoms with Crippen LogP contribution in [-0.4, -0.2) is 6.03 Å². The molecule has 8 heteroatoms. The van der Waals surface area contributed by atoms with Crippen molar-refractivity contribution in [2.75, 3.05) is 5.73 Å². The Morgan fingerprint density at radius 3 is 2.53 bits per heavy atom. The van der Waals surface area contributed by atoms with Gasteiger partial charge in [-0.25, -0.2) is 4.79 Å². The number of hydrogen-bond donors (Lipinski definition) is 2. The van der Waals surface area contributed by atoms with Crippen LogP contribution in [0.25, 0.3) is 0 Å². The summed E-state index contributed by atoms with van der Waals surface area (Å²) in [5.74, 6) is 0. The van der Waals surface area contributed by atoms with Crippen LogP contribution in [0.1, 0.15) is 17.3 Å². The van der Waals surface area contributed by atoms with E-state index in [0.29, 0.717) is 0 Å². The molecule has 17 heavy (non-hydrogen) atoms. The van der Waals surface area contributed by atoms with Crippen LogP contribution in [0.2, 0.25) is 0 Å². The van der Waals surface area contributed by atoms with Crippen molar-refractivity contribution in [3.63, 3.8) is 0 Å². The molecule has 1 atom stereocenters. The zero-order valence-electron chi connectivity index (χ0n) is 8.32. The van der Waals surface area contributed by atoms with E-state index >= 15 is 0 Å². The number of nitrogens with one attached hydrogen (secondary N) is 1. The fourth-order valence-corrected chi connectivity index (χ4v) is 1.43. The van der Waals surface area contributed by atoms with E-state index in [9.17, 15) is 18.0 Å². The average molecular weight is 244 g/mol. The highest BCUT2D eigenvalue weighted by atomic mass is 19.4. The Kier molecular flexibility index (Phi) is 2.49. The Morgan fingerprint density at radius 2 is 2.00 bits per heavy atom. The molecule has 1 aliphatic rings. The smallest absolute Gasteiger partial charge is 0.399 e. The van der Waals surface area contributed by atoms with Gasteiger partial charge >= 0.3 is 12.2 Å². The highest BCUT2D eigenvalue weighted by molar-refractivity contribution is 5.76. The number of nitrogens with zero attached hydrogens (tertiary/aromatic N) is 2. The predicted molar refractivity (Wildman–Crippen MR) is 52.0 cm³/mol. The number of alkyl halides is 3. The molecule has 0 saturated heterocycles. The first kappa shape index (κ1) is 11.4. The number of carbonyl (C=O) groups is 1. The number of nitrogen functional groups attached to an aromatic ring is 1. The minimum Gasteiger partial charge on any atom is -0.399 e. The van der Waals surface area contributed by atoms with E-state index < -0.39 is 23.9 Å². The lowest BCUT2D eigenvalue weighted by Crippen LogP contribution is -2.19. The lowest BCUT2D eigenvalue weighted by Gasteiger charge is -2.12. The number of benzene rings is 1. The molecule has 0 bridgehead atoms. The number of rotatable bonds is 1. The molecular weight excluding hydrogens is 237 g/mol. The van der Waals surface area contributed by atoms with Gasteiger partial charge in [0.15, 0.2) is 6.17 Å². The van der Waals surface area contributed by atoms with Crippen molar-refractivity contribution in [2.24, 2.45) is 10.2 Å². The minimum atomic E-state index is -4.50. The summed E-state index contributed by atoms with van der Waals surface area (Å²) in [5.41, 5.74) is 4.58. The lowest BCUT2D eigenvalue weighted by atomic mass is 10.1. The van der Waals surface area contributed by atoms with Gasteiger partial charge in [0.25, 0.3) is 0 Å². The number of anilines is 1. The summed E-state index contributed by atoms with van der Waals surface area (Å²) in [7, 11) is 0. The molecule has 0 radical (unpaired) electrons. The first-order valence-electron chi connectivity index (χ1n) is 4.55. The number of halogens is 3. The van der Waals surface area contributed by atoms with Crippen molar-refractivity contribution in [3.05, 3.63) is 29.3 Å². The standard InChI is InChI=1S/C9H7F3N4O/c10-9(11,12)5-1-4(2-6(13)3-5)7-14-8(17)16-15-7/h1-3,7H,13H2,(H,14,17). The highest BCUT2D eigenvalue weighted by Crippen LogP contribution is 2.33. The Bertz CT molecular complexity index is 498. The Hall–Kier alpha value is -2.12. The van der Waals surface area contributed by atoms with Crippen LogP contribution in [0, 0.1) is 0 Å². The molecule has 3 N–H and O–H groups in total. The summed E-state index contributed by atoms with van der Waals surface area (Å²) >= 11 is 0. The summed E-state index contributed by atoms with van der Waals surface area (Å²) in [6.45, 7) is 0. The third-order valence-electron chi connectivity index (χ3n) is 2.14. The molecule has 1 aromatic rings. The molecule has 2 amide bonds. The van der Waals surface area contributed by atoms with Crippen molar-refractivity contribution in [1.29, 1.82) is 0 Å². The zero-order chi connectivity index (χ0) is 12.6. The van der Waals surface area contributed by atoms with Crippen LogP contribution >= 0.6 is 0 Å². The molecular formula is C9H7F3N4O. The lowest BCUT2D eigenvalue weighted by molar-refractivity contribution is -0.137. The second-order valence-corrected chi connectivity index (χ2v) is 3.45. The summed E-state index contributed by atoms with van der Waals surface area (Å²) < 4.78 is 37.5. The van der Waals surface area contributed by atoms with Crippen LogP contribution in [0.5, 0.6) is 0 Å². The van der Waals surface area contributed by atoms with Crippen molar-refractivity contribution in [1.82, 2.24) is 5.32 Å². The molecule has 0 saturated carbocycles. The van der Waals surface area contributed by atoms with Crippen molar-refractivity contribution < 1.29 is 18.0 Å². The van der Waals surface area contributed by atoms with Gasteiger partial charge in [-0.1, -0.05) is 5.11 Å². The van der Waals surface area contributed by atoms with E-state index in [-0.39, 0.29) is 11.3 Å². The number of urea groups is 1. The van der Waals surface area contributed by atoms with Gasteiger partial charge in [-0.2, -0.15) is 18.3 Å². The van der Waals surface area contributed by atoms with E-state index in [1.807, 2.05) is 0 Å². The second kappa shape index (κ2) is 3.72. The maximum atomic E-state index is 12.5. The van der Waals surface area contributed by atoms with Gasteiger partial charge in [-0.05, 0) is 18.2 Å². The number of azo groups is 1. The largest absolute Gasteiger partial charge is 0.416 e. The Labute approximate surface area is 93.5 Å². The summed E-state index contributed by atoms with van der Waals surface area (Å²) in [5, 5.41) is 8.94.